The fourth-order valence-electron chi connectivity index (χ4n) is 4.20. The van der Waals surface area contributed by atoms with Gasteiger partial charge in [0, 0.05) is 0 Å². The highest BCUT2D eigenvalue weighted by Gasteiger charge is 2.37. The molecule has 0 aliphatic heterocycles. The van der Waals surface area contributed by atoms with Gasteiger partial charge in [-0.2, -0.15) is 0 Å². The van der Waals surface area contributed by atoms with Gasteiger partial charge in [-0.3, -0.25) is 0 Å². The molecule has 32 heavy (non-hydrogen) atoms. The van der Waals surface area contributed by atoms with Gasteiger partial charge in [-0.25, -0.2) is 0 Å². The molecule has 0 aliphatic rings. The van der Waals surface area contributed by atoms with E-state index in [0.717, 1.165) is 40.8 Å². The minimum absolute atomic E-state index is 0.502. The van der Waals surface area contributed by atoms with Crippen LogP contribution in [0.3, 0.4) is 0 Å². The van der Waals surface area contributed by atoms with E-state index in [0.29, 0.717) is 6.61 Å². The second-order valence-corrected chi connectivity index (χ2v) is 8.00. The van der Waals surface area contributed by atoms with E-state index in [2.05, 4.69) is 91.9 Å². The molecule has 0 aromatic heterocycles. The first-order valence-electron chi connectivity index (χ1n) is 11.2. The van der Waals surface area contributed by atoms with Crippen LogP contribution in [0.2, 0.25) is 0 Å². The van der Waals surface area contributed by atoms with Gasteiger partial charge in [0.25, 0.3) is 0 Å². The van der Waals surface area contributed by atoms with E-state index in [-0.39, 0.29) is 0 Å². The quantitative estimate of drug-likeness (QED) is 0.267. The lowest BCUT2D eigenvalue weighted by Gasteiger charge is -2.36. The molecule has 0 radical (unpaired) electrons. The third-order valence-electron chi connectivity index (χ3n) is 5.87. The largest absolute Gasteiger partial charge is 0.497 e. The molecule has 0 spiro atoms. The lowest BCUT2D eigenvalue weighted by Crippen LogP contribution is -2.32. The number of aryl methyl sites for hydroxylation is 1. The van der Waals surface area contributed by atoms with Crippen LogP contribution >= 0.6 is 0 Å². The maximum atomic E-state index is 6.91. The number of methoxy groups -OCH3 is 1. The monoisotopic (exact) mass is 422 g/mol. The van der Waals surface area contributed by atoms with Crippen LogP contribution < -0.4 is 4.74 Å². The Kier molecular flexibility index (Phi) is 7.03. The van der Waals surface area contributed by atoms with E-state index in [1.807, 2.05) is 24.3 Å². The second kappa shape index (κ2) is 10.3. The van der Waals surface area contributed by atoms with Crippen molar-refractivity contribution in [1.82, 2.24) is 0 Å². The third-order valence-corrected chi connectivity index (χ3v) is 5.87. The van der Waals surface area contributed by atoms with Crippen LogP contribution in [-0.4, -0.2) is 7.11 Å². The molecule has 0 N–H and O–H groups in total. The molecule has 0 unspecified atom stereocenters. The summed E-state index contributed by atoms with van der Waals surface area (Å²) in [5.74, 6) is 0.829. The van der Waals surface area contributed by atoms with Crippen LogP contribution in [-0.2, 0) is 23.4 Å². The molecule has 0 saturated carbocycles. The zero-order valence-corrected chi connectivity index (χ0v) is 18.8. The summed E-state index contributed by atoms with van der Waals surface area (Å²) < 4.78 is 12.3. The number of rotatable bonds is 9. The van der Waals surface area contributed by atoms with Gasteiger partial charge < -0.3 is 9.47 Å². The van der Waals surface area contributed by atoms with Crippen molar-refractivity contribution >= 4 is 0 Å². The van der Waals surface area contributed by atoms with Crippen molar-refractivity contribution in [2.24, 2.45) is 0 Å². The molecule has 0 aliphatic carbocycles. The highest BCUT2D eigenvalue weighted by molar-refractivity contribution is 5.48. The summed E-state index contributed by atoms with van der Waals surface area (Å²) in [7, 11) is 1.69. The Morgan fingerprint density at radius 1 is 0.594 bits per heavy atom. The molecule has 0 atom stereocenters. The molecule has 0 heterocycles. The van der Waals surface area contributed by atoms with Crippen molar-refractivity contribution in [3.8, 4) is 5.75 Å². The van der Waals surface area contributed by atoms with E-state index in [9.17, 15) is 0 Å². The average Bonchev–Trinajstić information content (AvgIpc) is 2.87. The zero-order chi connectivity index (χ0) is 22.2. The second-order valence-electron chi connectivity index (χ2n) is 8.00. The van der Waals surface area contributed by atoms with Crippen molar-refractivity contribution in [1.29, 1.82) is 0 Å². The fraction of sp³-hybridized carbons (Fsp3) is 0.200. The molecular weight excluding hydrogens is 392 g/mol. The average molecular weight is 423 g/mol. The van der Waals surface area contributed by atoms with E-state index < -0.39 is 5.60 Å². The molecule has 4 aromatic carbocycles. The number of hydrogen-bond donors (Lipinski definition) is 0. The van der Waals surface area contributed by atoms with Crippen molar-refractivity contribution in [3.05, 3.63) is 137 Å². The highest BCUT2D eigenvalue weighted by atomic mass is 16.5. The summed E-state index contributed by atoms with van der Waals surface area (Å²) in [5.41, 5.74) is 5.05. The molecule has 2 heteroatoms. The molecule has 0 fully saturated rings. The molecule has 0 saturated heterocycles. The fourth-order valence-corrected chi connectivity index (χ4v) is 4.20. The maximum Gasteiger partial charge on any atom is 0.144 e. The Labute approximate surface area is 191 Å². The SMILES string of the molecule is CCCc1ccc(COC(c2ccccc2)(c2ccccc2)c2ccc(OC)cc2)cc1. The first-order chi connectivity index (χ1) is 15.8. The summed E-state index contributed by atoms with van der Waals surface area (Å²) >= 11 is 0. The Balaban J connectivity index is 1.80. The number of benzene rings is 4. The molecule has 162 valence electrons. The van der Waals surface area contributed by atoms with Gasteiger partial charge in [-0.05, 0) is 46.4 Å². The van der Waals surface area contributed by atoms with E-state index in [1.54, 1.807) is 7.11 Å². The molecule has 4 rings (SSSR count). The standard InChI is InChI=1S/C30H30O2/c1-3-10-24-15-17-25(18-16-24)23-32-30(26-11-6-4-7-12-26,27-13-8-5-9-14-27)28-19-21-29(31-2)22-20-28/h4-9,11-22H,3,10,23H2,1-2H3. The molecule has 0 amide bonds. The minimum atomic E-state index is -0.739. The minimum Gasteiger partial charge on any atom is -0.497 e. The first kappa shape index (κ1) is 21.9. The van der Waals surface area contributed by atoms with Gasteiger partial charge in [0.15, 0.2) is 0 Å². The summed E-state index contributed by atoms with van der Waals surface area (Å²) in [5, 5.41) is 0. The normalized spacial score (nSPS) is 11.3. The molecular formula is C30H30O2. The van der Waals surface area contributed by atoms with Crippen LogP contribution in [0.25, 0.3) is 0 Å². The highest BCUT2D eigenvalue weighted by Crippen LogP contribution is 2.41. The van der Waals surface area contributed by atoms with E-state index in [4.69, 9.17) is 9.47 Å². The van der Waals surface area contributed by atoms with Crippen molar-refractivity contribution in [2.75, 3.05) is 7.11 Å². The van der Waals surface area contributed by atoms with Gasteiger partial charge >= 0.3 is 0 Å². The van der Waals surface area contributed by atoms with Crippen molar-refractivity contribution in [3.63, 3.8) is 0 Å². The van der Waals surface area contributed by atoms with Gasteiger partial charge in [-0.15, -0.1) is 0 Å². The lowest BCUT2D eigenvalue weighted by molar-refractivity contribution is 0.000214. The predicted octanol–water partition coefficient (Wildman–Crippen LogP) is 7.16. The van der Waals surface area contributed by atoms with Crippen LogP contribution in [0.4, 0.5) is 0 Å². The lowest BCUT2D eigenvalue weighted by atomic mass is 9.80. The van der Waals surface area contributed by atoms with E-state index >= 15 is 0 Å². The predicted molar refractivity (Wildman–Crippen MR) is 131 cm³/mol. The van der Waals surface area contributed by atoms with Crippen molar-refractivity contribution in [2.45, 2.75) is 32.0 Å². The summed E-state index contributed by atoms with van der Waals surface area (Å²) in [4.78, 5) is 0. The Bertz CT molecular complexity index is 1050. The maximum absolute atomic E-state index is 6.91. The smallest absolute Gasteiger partial charge is 0.144 e. The van der Waals surface area contributed by atoms with Gasteiger partial charge in [0.05, 0.1) is 13.7 Å². The molecule has 4 aromatic rings. The topological polar surface area (TPSA) is 18.5 Å². The summed E-state index contributed by atoms with van der Waals surface area (Å²) in [6.45, 7) is 2.71. The van der Waals surface area contributed by atoms with Crippen LogP contribution in [0, 0.1) is 0 Å². The van der Waals surface area contributed by atoms with Crippen LogP contribution in [0.15, 0.2) is 109 Å². The summed E-state index contributed by atoms with van der Waals surface area (Å²) in [6.07, 6.45) is 2.25. The summed E-state index contributed by atoms with van der Waals surface area (Å²) in [6, 6.07) is 37.9. The first-order valence-corrected chi connectivity index (χ1v) is 11.2. The van der Waals surface area contributed by atoms with Crippen LogP contribution in [0.1, 0.15) is 41.2 Å². The van der Waals surface area contributed by atoms with E-state index in [1.165, 1.54) is 5.56 Å². The van der Waals surface area contributed by atoms with Gasteiger partial charge in [-0.1, -0.05) is 110 Å². The molecule has 2 nitrogen and oxygen atoms in total. The Hall–Kier alpha value is -3.36. The van der Waals surface area contributed by atoms with Crippen molar-refractivity contribution < 1.29 is 9.47 Å². The van der Waals surface area contributed by atoms with Crippen LogP contribution in [0.5, 0.6) is 5.75 Å². The van der Waals surface area contributed by atoms with Gasteiger partial charge in [0.2, 0.25) is 0 Å². The number of hydrogen-bond acceptors (Lipinski definition) is 2. The molecule has 0 bridgehead atoms. The Morgan fingerprint density at radius 3 is 1.59 bits per heavy atom. The Morgan fingerprint density at radius 2 is 1.09 bits per heavy atom. The number of ether oxygens (including phenoxy) is 2. The van der Waals surface area contributed by atoms with Gasteiger partial charge in [0.1, 0.15) is 11.4 Å². The zero-order valence-electron chi connectivity index (χ0n) is 18.8. The third kappa shape index (κ3) is 4.61.